The van der Waals surface area contributed by atoms with Gasteiger partial charge in [-0.2, -0.15) is 0 Å². The molecule has 0 radical (unpaired) electrons. The lowest BCUT2D eigenvalue weighted by molar-refractivity contribution is 0.214. The average molecular weight is 246 g/mol. The molecule has 3 rings (SSSR count). The molecule has 3 heteroatoms. The maximum absolute atomic E-state index is 5.12. The van der Waals surface area contributed by atoms with Crippen molar-refractivity contribution in [2.75, 3.05) is 20.2 Å². The number of methoxy groups -OCH3 is 1. The average Bonchev–Trinajstić information content (AvgIpc) is 2.83. The molecule has 1 N–H and O–H groups in total. The van der Waals surface area contributed by atoms with Crippen LogP contribution in [0, 0.1) is 5.41 Å². The molecule has 2 unspecified atom stereocenters. The summed E-state index contributed by atoms with van der Waals surface area (Å²) in [5, 5.41) is 3.57. The van der Waals surface area contributed by atoms with E-state index in [1.165, 1.54) is 50.8 Å². The summed E-state index contributed by atoms with van der Waals surface area (Å²) in [7, 11) is 1.67. The van der Waals surface area contributed by atoms with Crippen LogP contribution in [0.15, 0.2) is 18.3 Å². The molecule has 98 valence electrons. The molecule has 1 saturated carbocycles. The van der Waals surface area contributed by atoms with Gasteiger partial charge in [-0.25, -0.2) is 4.98 Å². The molecule has 2 aliphatic rings. The van der Waals surface area contributed by atoms with E-state index < -0.39 is 0 Å². The molecule has 1 spiro atoms. The SMILES string of the molecule is COc1ccc(C2CCC3(CCCNC3)C2)cn1. The third-order valence-electron chi connectivity index (χ3n) is 4.70. The number of nitrogens with zero attached hydrogens (tertiary/aromatic N) is 1. The van der Waals surface area contributed by atoms with Crippen LogP contribution in [0.4, 0.5) is 0 Å². The van der Waals surface area contributed by atoms with Crippen LogP contribution in [-0.4, -0.2) is 25.2 Å². The number of pyridine rings is 1. The van der Waals surface area contributed by atoms with Crippen molar-refractivity contribution < 1.29 is 4.74 Å². The molecule has 1 aromatic rings. The fraction of sp³-hybridized carbons (Fsp3) is 0.667. The zero-order valence-electron chi connectivity index (χ0n) is 11.1. The second-order valence-electron chi connectivity index (χ2n) is 5.85. The number of nitrogens with one attached hydrogen (secondary N) is 1. The highest BCUT2D eigenvalue weighted by molar-refractivity contribution is 5.23. The Hall–Kier alpha value is -1.09. The van der Waals surface area contributed by atoms with Gasteiger partial charge < -0.3 is 10.1 Å². The van der Waals surface area contributed by atoms with Crippen LogP contribution >= 0.6 is 0 Å². The molecule has 2 atom stereocenters. The van der Waals surface area contributed by atoms with E-state index in [2.05, 4.69) is 16.4 Å². The second kappa shape index (κ2) is 4.88. The summed E-state index contributed by atoms with van der Waals surface area (Å²) in [6.07, 6.45) is 8.76. The highest BCUT2D eigenvalue weighted by Gasteiger charge is 2.40. The van der Waals surface area contributed by atoms with Crippen molar-refractivity contribution in [2.45, 2.75) is 38.0 Å². The Bertz CT molecular complexity index is 395. The van der Waals surface area contributed by atoms with Gasteiger partial charge in [-0.3, -0.25) is 0 Å². The van der Waals surface area contributed by atoms with Crippen molar-refractivity contribution >= 4 is 0 Å². The van der Waals surface area contributed by atoms with Crippen molar-refractivity contribution in [1.82, 2.24) is 10.3 Å². The Morgan fingerprint density at radius 2 is 2.33 bits per heavy atom. The Morgan fingerprint density at radius 3 is 3.00 bits per heavy atom. The van der Waals surface area contributed by atoms with Crippen LogP contribution in [0.1, 0.15) is 43.6 Å². The van der Waals surface area contributed by atoms with Crippen LogP contribution in [0.5, 0.6) is 5.88 Å². The molecule has 1 aliphatic heterocycles. The summed E-state index contributed by atoms with van der Waals surface area (Å²) in [5.74, 6) is 1.41. The molecular formula is C15H22N2O. The quantitative estimate of drug-likeness (QED) is 0.871. The fourth-order valence-electron chi connectivity index (χ4n) is 3.66. The van der Waals surface area contributed by atoms with E-state index in [1.54, 1.807) is 7.11 Å². The summed E-state index contributed by atoms with van der Waals surface area (Å²) in [4.78, 5) is 4.34. The van der Waals surface area contributed by atoms with Gasteiger partial charge >= 0.3 is 0 Å². The molecule has 2 fully saturated rings. The number of aromatic nitrogens is 1. The molecule has 1 saturated heterocycles. The highest BCUT2D eigenvalue weighted by atomic mass is 16.5. The Morgan fingerprint density at radius 1 is 1.39 bits per heavy atom. The number of ether oxygens (including phenoxy) is 1. The summed E-state index contributed by atoms with van der Waals surface area (Å²) >= 11 is 0. The number of rotatable bonds is 2. The normalized spacial score (nSPS) is 31.7. The van der Waals surface area contributed by atoms with Crippen LogP contribution in [-0.2, 0) is 0 Å². The van der Waals surface area contributed by atoms with E-state index in [1.807, 2.05) is 12.3 Å². The Balaban J connectivity index is 1.70. The second-order valence-corrected chi connectivity index (χ2v) is 5.85. The van der Waals surface area contributed by atoms with E-state index in [4.69, 9.17) is 4.74 Å². The Labute approximate surface area is 109 Å². The maximum Gasteiger partial charge on any atom is 0.212 e. The molecule has 2 heterocycles. The Kier molecular flexibility index (Phi) is 3.25. The van der Waals surface area contributed by atoms with Crippen molar-refractivity contribution in [3.63, 3.8) is 0 Å². The largest absolute Gasteiger partial charge is 0.481 e. The van der Waals surface area contributed by atoms with Gasteiger partial charge in [0.1, 0.15) is 0 Å². The van der Waals surface area contributed by atoms with Crippen LogP contribution in [0.3, 0.4) is 0 Å². The van der Waals surface area contributed by atoms with Gasteiger partial charge in [0.15, 0.2) is 0 Å². The molecule has 1 aromatic heterocycles. The van der Waals surface area contributed by atoms with Gasteiger partial charge in [0, 0.05) is 18.8 Å². The van der Waals surface area contributed by atoms with Gasteiger partial charge in [0.25, 0.3) is 0 Å². The predicted molar refractivity (Wildman–Crippen MR) is 71.9 cm³/mol. The van der Waals surface area contributed by atoms with Gasteiger partial charge in [-0.15, -0.1) is 0 Å². The summed E-state index contributed by atoms with van der Waals surface area (Å²) in [6.45, 7) is 2.42. The topological polar surface area (TPSA) is 34.1 Å². The first-order chi connectivity index (χ1) is 8.81. The summed E-state index contributed by atoms with van der Waals surface area (Å²) in [6, 6.07) is 4.17. The first-order valence-electron chi connectivity index (χ1n) is 7.02. The van der Waals surface area contributed by atoms with Crippen LogP contribution < -0.4 is 10.1 Å². The molecule has 0 aromatic carbocycles. The molecule has 0 bridgehead atoms. The predicted octanol–water partition coefficient (Wildman–Crippen LogP) is 2.73. The first-order valence-corrected chi connectivity index (χ1v) is 7.02. The van der Waals surface area contributed by atoms with Crippen molar-refractivity contribution in [1.29, 1.82) is 0 Å². The van der Waals surface area contributed by atoms with Crippen molar-refractivity contribution in [3.8, 4) is 5.88 Å². The molecule has 18 heavy (non-hydrogen) atoms. The lowest BCUT2D eigenvalue weighted by Gasteiger charge is -2.34. The lowest BCUT2D eigenvalue weighted by atomic mass is 9.78. The third-order valence-corrected chi connectivity index (χ3v) is 4.70. The minimum absolute atomic E-state index is 0.572. The van der Waals surface area contributed by atoms with E-state index >= 15 is 0 Å². The van der Waals surface area contributed by atoms with Crippen molar-refractivity contribution in [3.05, 3.63) is 23.9 Å². The van der Waals surface area contributed by atoms with Gasteiger partial charge in [0.05, 0.1) is 7.11 Å². The van der Waals surface area contributed by atoms with Gasteiger partial charge in [-0.05, 0) is 55.5 Å². The molecule has 3 nitrogen and oxygen atoms in total. The lowest BCUT2D eigenvalue weighted by Crippen LogP contribution is -2.38. The number of hydrogen-bond donors (Lipinski definition) is 1. The monoisotopic (exact) mass is 246 g/mol. The number of piperidine rings is 1. The zero-order chi connectivity index (χ0) is 12.4. The fourth-order valence-corrected chi connectivity index (χ4v) is 3.66. The maximum atomic E-state index is 5.12. The zero-order valence-corrected chi connectivity index (χ0v) is 11.1. The standard InChI is InChI=1S/C15H22N2O/c1-18-14-4-3-13(10-17-14)12-5-7-15(9-12)6-2-8-16-11-15/h3-4,10,12,16H,2,5-9,11H2,1H3. The smallest absolute Gasteiger partial charge is 0.212 e. The minimum atomic E-state index is 0.572. The molecular weight excluding hydrogens is 224 g/mol. The van der Waals surface area contributed by atoms with Crippen LogP contribution in [0.25, 0.3) is 0 Å². The highest BCUT2D eigenvalue weighted by Crippen LogP contribution is 2.49. The minimum Gasteiger partial charge on any atom is -0.481 e. The summed E-state index contributed by atoms with van der Waals surface area (Å²) < 4.78 is 5.12. The molecule has 0 amide bonds. The van der Waals surface area contributed by atoms with E-state index in [0.29, 0.717) is 17.2 Å². The number of hydrogen-bond acceptors (Lipinski definition) is 3. The van der Waals surface area contributed by atoms with Gasteiger partial charge in [-0.1, -0.05) is 6.07 Å². The van der Waals surface area contributed by atoms with Gasteiger partial charge in [0.2, 0.25) is 5.88 Å². The third kappa shape index (κ3) is 2.24. The van der Waals surface area contributed by atoms with E-state index in [-0.39, 0.29) is 0 Å². The summed E-state index contributed by atoms with van der Waals surface area (Å²) in [5.41, 5.74) is 1.96. The van der Waals surface area contributed by atoms with Crippen LogP contribution in [0.2, 0.25) is 0 Å². The van der Waals surface area contributed by atoms with Crippen molar-refractivity contribution in [2.24, 2.45) is 5.41 Å². The molecule has 1 aliphatic carbocycles. The van der Waals surface area contributed by atoms with E-state index in [9.17, 15) is 0 Å². The first kappa shape index (κ1) is 12.0. The van der Waals surface area contributed by atoms with E-state index in [0.717, 1.165) is 0 Å².